The van der Waals surface area contributed by atoms with Crippen molar-refractivity contribution in [1.82, 2.24) is 14.4 Å². The van der Waals surface area contributed by atoms with Crippen LogP contribution >= 0.6 is 0 Å². The van der Waals surface area contributed by atoms with Crippen LogP contribution in [-0.4, -0.2) is 52.9 Å². The minimum absolute atomic E-state index is 0.0248. The zero-order valence-corrected chi connectivity index (χ0v) is 15.3. The van der Waals surface area contributed by atoms with Crippen LogP contribution in [0.25, 0.3) is 0 Å². The van der Waals surface area contributed by atoms with E-state index in [2.05, 4.69) is 12.1 Å². The first-order chi connectivity index (χ1) is 12.1. The van der Waals surface area contributed by atoms with Crippen LogP contribution in [0.3, 0.4) is 0 Å². The maximum atomic E-state index is 12.7. The van der Waals surface area contributed by atoms with E-state index in [4.69, 9.17) is 0 Å². The molecular formula is C20H27N3O2. The zero-order valence-electron chi connectivity index (χ0n) is 15.3. The van der Waals surface area contributed by atoms with Gasteiger partial charge in [-0.15, -0.1) is 0 Å². The van der Waals surface area contributed by atoms with Crippen LogP contribution in [0.1, 0.15) is 29.9 Å². The van der Waals surface area contributed by atoms with E-state index < -0.39 is 0 Å². The number of rotatable bonds is 8. The van der Waals surface area contributed by atoms with E-state index in [-0.39, 0.29) is 18.4 Å². The zero-order chi connectivity index (χ0) is 18.2. The van der Waals surface area contributed by atoms with E-state index in [1.807, 2.05) is 54.9 Å². The number of hydrogen-bond acceptors (Lipinski definition) is 2. The molecule has 0 bridgehead atoms. The Labute approximate surface area is 149 Å². The molecule has 5 nitrogen and oxygen atoms in total. The van der Waals surface area contributed by atoms with Gasteiger partial charge in [0.2, 0.25) is 5.91 Å². The molecule has 0 aliphatic carbocycles. The maximum Gasteiger partial charge on any atom is 0.270 e. The lowest BCUT2D eigenvalue weighted by Gasteiger charge is -2.23. The van der Waals surface area contributed by atoms with Gasteiger partial charge in [-0.25, -0.2) is 0 Å². The molecule has 5 heteroatoms. The van der Waals surface area contributed by atoms with E-state index in [1.165, 1.54) is 10.5 Å². The van der Waals surface area contributed by atoms with Crippen LogP contribution in [-0.2, 0) is 17.8 Å². The summed E-state index contributed by atoms with van der Waals surface area (Å²) in [6, 6.07) is 13.9. The molecule has 0 spiro atoms. The Morgan fingerprint density at radius 3 is 2.32 bits per heavy atom. The summed E-state index contributed by atoms with van der Waals surface area (Å²) in [4.78, 5) is 28.1. The third-order valence-corrected chi connectivity index (χ3v) is 4.37. The molecule has 1 aromatic carbocycles. The van der Waals surface area contributed by atoms with E-state index >= 15 is 0 Å². The average Bonchev–Trinajstić information content (AvgIpc) is 3.09. The van der Waals surface area contributed by atoms with Crippen molar-refractivity contribution in [2.45, 2.75) is 26.8 Å². The highest BCUT2D eigenvalue weighted by Crippen LogP contribution is 2.09. The van der Waals surface area contributed by atoms with Gasteiger partial charge < -0.3 is 14.4 Å². The van der Waals surface area contributed by atoms with Gasteiger partial charge in [-0.2, -0.15) is 0 Å². The second kappa shape index (κ2) is 9.06. The monoisotopic (exact) mass is 341 g/mol. The molecule has 2 rings (SSSR count). The molecular weight excluding hydrogens is 314 g/mol. The summed E-state index contributed by atoms with van der Waals surface area (Å²) in [6.07, 6.45) is 2.77. The predicted molar refractivity (Wildman–Crippen MR) is 99.5 cm³/mol. The minimum Gasteiger partial charge on any atom is -0.343 e. The smallest absolute Gasteiger partial charge is 0.270 e. The molecule has 0 aliphatic rings. The molecule has 0 aliphatic heterocycles. The highest BCUT2D eigenvalue weighted by Gasteiger charge is 2.20. The van der Waals surface area contributed by atoms with Crippen molar-refractivity contribution in [2.24, 2.45) is 0 Å². The molecule has 0 unspecified atom stereocenters. The fraction of sp³-hybridized carbons (Fsp3) is 0.400. The molecule has 0 N–H and O–H groups in total. The van der Waals surface area contributed by atoms with Crippen LogP contribution in [0.5, 0.6) is 0 Å². The average molecular weight is 341 g/mol. The van der Waals surface area contributed by atoms with E-state index in [0.29, 0.717) is 18.8 Å². The van der Waals surface area contributed by atoms with Gasteiger partial charge in [0.25, 0.3) is 5.91 Å². The molecule has 0 radical (unpaired) electrons. The highest BCUT2D eigenvalue weighted by atomic mass is 16.2. The maximum absolute atomic E-state index is 12.7. The second-order valence-electron chi connectivity index (χ2n) is 6.05. The number of benzene rings is 1. The third kappa shape index (κ3) is 4.95. The first-order valence-electron chi connectivity index (χ1n) is 8.79. The van der Waals surface area contributed by atoms with Gasteiger partial charge in [0, 0.05) is 32.9 Å². The standard InChI is InChI=1S/C20H27N3O2/c1-4-22(5-2)19(24)16-21(3)20(25)18-12-9-14-23(18)15-13-17-10-7-6-8-11-17/h6-12,14H,4-5,13,15-16H2,1-3H3. The lowest BCUT2D eigenvalue weighted by atomic mass is 10.1. The van der Waals surface area contributed by atoms with Gasteiger partial charge in [0.05, 0.1) is 6.54 Å². The molecule has 2 amide bonds. The summed E-state index contributed by atoms with van der Waals surface area (Å²) in [5.41, 5.74) is 1.85. The van der Waals surface area contributed by atoms with Gasteiger partial charge >= 0.3 is 0 Å². The van der Waals surface area contributed by atoms with Crippen LogP contribution in [0.15, 0.2) is 48.7 Å². The van der Waals surface area contributed by atoms with Gasteiger partial charge in [0.15, 0.2) is 0 Å². The minimum atomic E-state index is -0.126. The topological polar surface area (TPSA) is 45.6 Å². The third-order valence-electron chi connectivity index (χ3n) is 4.37. The highest BCUT2D eigenvalue weighted by molar-refractivity contribution is 5.95. The molecule has 134 valence electrons. The van der Waals surface area contributed by atoms with Crippen molar-refractivity contribution < 1.29 is 9.59 Å². The molecule has 0 saturated heterocycles. The number of nitrogens with zero attached hydrogens (tertiary/aromatic N) is 3. The largest absolute Gasteiger partial charge is 0.343 e. The van der Waals surface area contributed by atoms with Crippen molar-refractivity contribution >= 4 is 11.8 Å². The number of hydrogen-bond donors (Lipinski definition) is 0. The van der Waals surface area contributed by atoms with Gasteiger partial charge in [-0.05, 0) is 38.0 Å². The molecule has 0 atom stereocenters. The molecule has 1 aromatic heterocycles. The SMILES string of the molecule is CCN(CC)C(=O)CN(C)C(=O)c1cccn1CCc1ccccc1. The summed E-state index contributed by atoms with van der Waals surface area (Å²) in [7, 11) is 1.68. The summed E-state index contributed by atoms with van der Waals surface area (Å²) >= 11 is 0. The summed E-state index contributed by atoms with van der Waals surface area (Å²) in [5.74, 6) is -0.151. The Hall–Kier alpha value is -2.56. The Kier molecular flexibility index (Phi) is 6.81. The molecule has 0 fully saturated rings. The normalized spacial score (nSPS) is 10.5. The number of aryl methyl sites for hydroxylation is 2. The summed E-state index contributed by atoms with van der Waals surface area (Å²) < 4.78 is 1.95. The van der Waals surface area contributed by atoms with E-state index in [1.54, 1.807) is 11.9 Å². The molecule has 1 heterocycles. The van der Waals surface area contributed by atoms with Crippen molar-refractivity contribution in [1.29, 1.82) is 0 Å². The number of carbonyl (C=O) groups excluding carboxylic acids is 2. The molecule has 0 saturated carbocycles. The van der Waals surface area contributed by atoms with Crippen molar-refractivity contribution in [3.63, 3.8) is 0 Å². The van der Waals surface area contributed by atoms with Crippen molar-refractivity contribution in [2.75, 3.05) is 26.7 Å². The first kappa shape index (κ1) is 18.8. The number of amides is 2. The van der Waals surface area contributed by atoms with Crippen LogP contribution in [0, 0.1) is 0 Å². The van der Waals surface area contributed by atoms with E-state index in [0.717, 1.165) is 13.0 Å². The first-order valence-corrected chi connectivity index (χ1v) is 8.79. The lowest BCUT2D eigenvalue weighted by molar-refractivity contribution is -0.131. The number of likely N-dealkylation sites (N-methyl/N-ethyl adjacent to an activating group) is 2. The number of aromatic nitrogens is 1. The fourth-order valence-corrected chi connectivity index (χ4v) is 2.84. The van der Waals surface area contributed by atoms with Crippen molar-refractivity contribution in [3.8, 4) is 0 Å². The predicted octanol–water partition coefficient (Wildman–Crippen LogP) is 2.67. The lowest BCUT2D eigenvalue weighted by Crippen LogP contribution is -2.41. The van der Waals surface area contributed by atoms with Gasteiger partial charge in [-0.3, -0.25) is 9.59 Å². The van der Waals surface area contributed by atoms with Gasteiger partial charge in [-0.1, -0.05) is 30.3 Å². The van der Waals surface area contributed by atoms with Gasteiger partial charge in [0.1, 0.15) is 5.69 Å². The fourth-order valence-electron chi connectivity index (χ4n) is 2.84. The Morgan fingerprint density at radius 2 is 1.68 bits per heavy atom. The summed E-state index contributed by atoms with van der Waals surface area (Å²) in [6.45, 7) is 6.03. The molecule has 25 heavy (non-hydrogen) atoms. The van der Waals surface area contributed by atoms with Crippen LogP contribution in [0.4, 0.5) is 0 Å². The van der Waals surface area contributed by atoms with Crippen LogP contribution < -0.4 is 0 Å². The Bertz CT molecular complexity index is 690. The Morgan fingerprint density at radius 1 is 1.00 bits per heavy atom. The number of carbonyl (C=O) groups is 2. The summed E-state index contributed by atoms with van der Waals surface area (Å²) in [5, 5.41) is 0. The second-order valence-corrected chi connectivity index (χ2v) is 6.05. The van der Waals surface area contributed by atoms with Crippen molar-refractivity contribution in [3.05, 3.63) is 59.9 Å². The Balaban J connectivity index is 2.00. The molecule has 2 aromatic rings. The van der Waals surface area contributed by atoms with E-state index in [9.17, 15) is 9.59 Å². The van der Waals surface area contributed by atoms with Crippen LogP contribution in [0.2, 0.25) is 0 Å². The quantitative estimate of drug-likeness (QED) is 0.741.